The number of carbonyl (C=O) groups excluding carboxylic acids is 2. The highest BCUT2D eigenvalue weighted by molar-refractivity contribution is 9.10. The third-order valence-electron chi connectivity index (χ3n) is 4.85. The van der Waals surface area contributed by atoms with Gasteiger partial charge in [0.05, 0.1) is 5.52 Å². The lowest BCUT2D eigenvalue weighted by Gasteiger charge is -2.19. The lowest BCUT2D eigenvalue weighted by Crippen LogP contribution is -2.26. The van der Waals surface area contributed by atoms with Gasteiger partial charge in [-0.3, -0.25) is 9.36 Å². The summed E-state index contributed by atoms with van der Waals surface area (Å²) >= 11 is 4.87. The maximum absolute atomic E-state index is 12.6. The second-order valence-electron chi connectivity index (χ2n) is 8.70. The maximum atomic E-state index is 12.6. The molecule has 0 unspecified atom stereocenters. The molecule has 0 atom stereocenters. The average Bonchev–Trinajstić information content (AvgIpc) is 3.19. The molecule has 0 fully saturated rings. The van der Waals surface area contributed by atoms with Gasteiger partial charge in [0.1, 0.15) is 5.60 Å². The van der Waals surface area contributed by atoms with Crippen LogP contribution in [0.4, 0.5) is 16.2 Å². The fourth-order valence-corrected chi connectivity index (χ4v) is 4.45. The highest BCUT2D eigenvalue weighted by Gasteiger charge is 2.19. The van der Waals surface area contributed by atoms with Crippen molar-refractivity contribution in [2.24, 2.45) is 0 Å². The number of nitrogen functional groups attached to an aromatic ring is 1. The van der Waals surface area contributed by atoms with E-state index in [2.05, 4.69) is 21.2 Å². The van der Waals surface area contributed by atoms with Crippen LogP contribution in [0.2, 0.25) is 0 Å². The number of fused-ring (bicyclic) bond motifs is 1. The van der Waals surface area contributed by atoms with Crippen LogP contribution in [-0.2, 0) is 4.74 Å². The molecular weight excluding hydrogens is 514 g/mol. The quantitative estimate of drug-likeness (QED) is 0.269. The van der Waals surface area contributed by atoms with Gasteiger partial charge >= 0.3 is 6.09 Å². The first-order valence-electron chi connectivity index (χ1n) is 10.6. The van der Waals surface area contributed by atoms with Gasteiger partial charge in [-0.2, -0.15) is 0 Å². The topological polar surface area (TPSA) is 86.3 Å². The monoisotopic (exact) mass is 537 g/mol. The predicted molar refractivity (Wildman–Crippen MR) is 141 cm³/mol. The summed E-state index contributed by atoms with van der Waals surface area (Å²) < 4.78 is 7.92. The van der Waals surface area contributed by atoms with Gasteiger partial charge < -0.3 is 15.8 Å². The number of ether oxygens (including phenoxy) is 1. The zero-order valence-corrected chi connectivity index (χ0v) is 21.4. The van der Waals surface area contributed by atoms with Crippen LogP contribution in [0.1, 0.15) is 31.1 Å². The number of amides is 1. The molecule has 6 nitrogen and oxygen atoms in total. The number of nitrogens with one attached hydrogen (secondary N) is 1. The van der Waals surface area contributed by atoms with Crippen molar-refractivity contribution in [2.75, 3.05) is 11.1 Å². The molecule has 0 saturated heterocycles. The minimum Gasteiger partial charge on any atom is -0.443 e. The summed E-state index contributed by atoms with van der Waals surface area (Å²) in [4.78, 5) is 26.8. The molecule has 4 rings (SSSR count). The van der Waals surface area contributed by atoms with Crippen molar-refractivity contribution < 1.29 is 14.3 Å². The van der Waals surface area contributed by atoms with E-state index in [1.807, 2.05) is 75.4 Å². The Morgan fingerprint density at radius 2 is 1.74 bits per heavy atom. The van der Waals surface area contributed by atoms with Gasteiger partial charge in [0.2, 0.25) is 0 Å². The Morgan fingerprint density at radius 1 is 1.00 bits per heavy atom. The van der Waals surface area contributed by atoms with Gasteiger partial charge in [0, 0.05) is 42.8 Å². The second-order valence-corrected chi connectivity index (χ2v) is 10.7. The van der Waals surface area contributed by atoms with Gasteiger partial charge in [0.25, 0.3) is 5.91 Å². The van der Waals surface area contributed by atoms with E-state index in [9.17, 15) is 9.59 Å². The van der Waals surface area contributed by atoms with Gasteiger partial charge in [-0.1, -0.05) is 27.7 Å². The summed E-state index contributed by atoms with van der Waals surface area (Å²) in [7, 11) is 0. The zero-order valence-electron chi connectivity index (χ0n) is 19.0. The highest BCUT2D eigenvalue weighted by atomic mass is 79.9. The molecule has 34 heavy (non-hydrogen) atoms. The van der Waals surface area contributed by atoms with E-state index in [-0.39, 0.29) is 5.91 Å². The Kier molecular flexibility index (Phi) is 6.72. The number of aromatic nitrogens is 1. The van der Waals surface area contributed by atoms with Gasteiger partial charge in [-0.05, 0) is 87.5 Å². The van der Waals surface area contributed by atoms with Crippen molar-refractivity contribution >= 4 is 62.0 Å². The Morgan fingerprint density at radius 3 is 2.41 bits per heavy atom. The minimum atomic E-state index is -0.567. The molecule has 4 aromatic rings. The number of anilines is 2. The van der Waals surface area contributed by atoms with Crippen LogP contribution in [0.15, 0.2) is 87.2 Å². The number of hydrogen-bond acceptors (Lipinski definition) is 5. The van der Waals surface area contributed by atoms with Crippen LogP contribution in [0.5, 0.6) is 0 Å². The van der Waals surface area contributed by atoms with Crippen molar-refractivity contribution in [3.05, 3.63) is 83.0 Å². The van der Waals surface area contributed by atoms with Crippen LogP contribution < -0.4 is 11.1 Å². The van der Waals surface area contributed by atoms with E-state index in [0.717, 1.165) is 25.2 Å². The van der Waals surface area contributed by atoms with Crippen molar-refractivity contribution in [1.82, 2.24) is 4.57 Å². The normalized spacial score (nSPS) is 11.4. The van der Waals surface area contributed by atoms with E-state index in [1.165, 1.54) is 16.3 Å². The highest BCUT2D eigenvalue weighted by Crippen LogP contribution is 2.34. The largest absolute Gasteiger partial charge is 0.443 e. The summed E-state index contributed by atoms with van der Waals surface area (Å²) in [5, 5.41) is 3.78. The summed E-state index contributed by atoms with van der Waals surface area (Å²) in [5.74, 6) is -0.226. The SMILES string of the molecule is CC(C)(C)OC(=O)n1ccc2cc(Sc3ccc(C(=O)Nc4ccc(Br)cc4)cc3N)ccc21. The summed E-state index contributed by atoms with van der Waals surface area (Å²) in [6, 6.07) is 20.3. The summed E-state index contributed by atoms with van der Waals surface area (Å²) in [6.07, 6.45) is 1.30. The van der Waals surface area contributed by atoms with Crippen LogP contribution in [0.3, 0.4) is 0 Å². The molecule has 0 aliphatic carbocycles. The van der Waals surface area contributed by atoms with E-state index in [4.69, 9.17) is 10.5 Å². The lowest BCUT2D eigenvalue weighted by molar-refractivity contribution is 0.0544. The molecule has 174 valence electrons. The maximum Gasteiger partial charge on any atom is 0.418 e. The van der Waals surface area contributed by atoms with Crippen LogP contribution in [0.25, 0.3) is 10.9 Å². The molecule has 3 aromatic carbocycles. The molecule has 0 aliphatic rings. The van der Waals surface area contributed by atoms with Gasteiger partial charge in [-0.15, -0.1) is 0 Å². The van der Waals surface area contributed by atoms with Crippen molar-refractivity contribution in [2.45, 2.75) is 36.2 Å². The molecule has 1 amide bonds. The van der Waals surface area contributed by atoms with Gasteiger partial charge in [-0.25, -0.2) is 4.79 Å². The molecule has 0 spiro atoms. The standard InChI is InChI=1S/C26H24BrN3O3S/c1-26(2,3)33-25(32)30-13-12-16-14-20(9-10-22(16)30)34-23-11-4-17(15-21(23)28)24(31)29-19-7-5-18(27)6-8-19/h4-15H,28H2,1-3H3,(H,29,31). The molecule has 3 N–H and O–H groups in total. The molecular formula is C26H24BrN3O3S. The molecule has 0 aliphatic heterocycles. The number of rotatable bonds is 4. The zero-order chi connectivity index (χ0) is 24.5. The Labute approximate surface area is 210 Å². The first-order chi connectivity index (χ1) is 16.1. The fourth-order valence-electron chi connectivity index (χ4n) is 3.30. The van der Waals surface area contributed by atoms with Gasteiger partial charge in [0.15, 0.2) is 0 Å². The van der Waals surface area contributed by atoms with Crippen molar-refractivity contribution in [3.63, 3.8) is 0 Å². The van der Waals surface area contributed by atoms with E-state index in [1.54, 1.807) is 18.3 Å². The number of benzene rings is 3. The third kappa shape index (κ3) is 5.63. The molecule has 8 heteroatoms. The fraction of sp³-hybridized carbons (Fsp3) is 0.154. The number of nitrogens with zero attached hydrogens (tertiary/aromatic N) is 1. The number of nitrogens with two attached hydrogens (primary N) is 1. The molecule has 1 aromatic heterocycles. The number of hydrogen-bond donors (Lipinski definition) is 2. The first-order valence-corrected chi connectivity index (χ1v) is 12.2. The Bertz CT molecular complexity index is 1370. The molecule has 0 radical (unpaired) electrons. The van der Waals surface area contributed by atoms with Crippen LogP contribution in [-0.4, -0.2) is 22.2 Å². The average molecular weight is 538 g/mol. The van der Waals surface area contributed by atoms with E-state index < -0.39 is 11.7 Å². The van der Waals surface area contributed by atoms with E-state index in [0.29, 0.717) is 16.9 Å². The van der Waals surface area contributed by atoms with Crippen molar-refractivity contribution in [1.29, 1.82) is 0 Å². The Hall–Kier alpha value is -3.23. The predicted octanol–water partition coefficient (Wildman–Crippen LogP) is 7.17. The number of carbonyl (C=O) groups is 2. The van der Waals surface area contributed by atoms with Crippen molar-refractivity contribution in [3.8, 4) is 0 Å². The molecule has 0 saturated carbocycles. The minimum absolute atomic E-state index is 0.226. The lowest BCUT2D eigenvalue weighted by atomic mass is 10.2. The summed E-state index contributed by atoms with van der Waals surface area (Å²) in [6.45, 7) is 5.52. The van der Waals surface area contributed by atoms with Crippen LogP contribution >= 0.6 is 27.7 Å². The number of halogens is 1. The second kappa shape index (κ2) is 9.56. The molecule has 0 bridgehead atoms. The third-order valence-corrected chi connectivity index (χ3v) is 6.46. The smallest absolute Gasteiger partial charge is 0.418 e. The molecule has 1 heterocycles. The summed E-state index contributed by atoms with van der Waals surface area (Å²) in [5.41, 5.74) is 8.17. The Balaban J connectivity index is 1.49. The van der Waals surface area contributed by atoms with Crippen LogP contribution in [0, 0.1) is 0 Å². The first kappa shape index (κ1) is 23.9. The van der Waals surface area contributed by atoms with E-state index >= 15 is 0 Å².